The number of hydrogen-bond donors (Lipinski definition) is 0. The van der Waals surface area contributed by atoms with Gasteiger partial charge in [0.1, 0.15) is 15.6 Å². The van der Waals surface area contributed by atoms with Crippen molar-refractivity contribution in [1.82, 2.24) is 0 Å². The average molecular weight is 693 g/mol. The fourth-order valence-electron chi connectivity index (χ4n) is 2.67. The molecule has 0 spiro atoms. The molecule has 2 aromatic rings. The van der Waals surface area contributed by atoms with E-state index in [1.165, 1.54) is 48.9 Å². The maximum atomic E-state index is 9.63. The lowest BCUT2D eigenvalue weighted by molar-refractivity contribution is -0.115. The van der Waals surface area contributed by atoms with Gasteiger partial charge in [-0.2, -0.15) is 11.8 Å². The van der Waals surface area contributed by atoms with Crippen molar-refractivity contribution in [2.24, 2.45) is 5.41 Å². The number of ether oxygens (including phenoxy) is 1. The summed E-state index contributed by atoms with van der Waals surface area (Å²) in [5.41, 5.74) is 6.36. The number of ketones is 1. The summed E-state index contributed by atoms with van der Waals surface area (Å²) in [5, 5.41) is 0. The summed E-state index contributed by atoms with van der Waals surface area (Å²) in [6, 6.07) is 17.4. The van der Waals surface area contributed by atoms with E-state index in [1.54, 1.807) is 38.5 Å². The average Bonchev–Trinajstić information content (AvgIpc) is 3.06. The van der Waals surface area contributed by atoms with Gasteiger partial charge in [0.15, 0.2) is 0 Å². The lowest BCUT2D eigenvalue weighted by atomic mass is 9.82. The topological polar surface area (TPSA) is 77.5 Å². The second-order valence-electron chi connectivity index (χ2n) is 12.7. The summed E-state index contributed by atoms with van der Waals surface area (Å²) < 4.78 is 33.1. The minimum absolute atomic E-state index is 0.160. The third-order valence-electron chi connectivity index (χ3n) is 3.49. The third kappa shape index (κ3) is 52.3. The van der Waals surface area contributed by atoms with Crippen LogP contribution in [0.4, 0.5) is 0 Å². The van der Waals surface area contributed by atoms with Crippen molar-refractivity contribution in [2.75, 3.05) is 51.8 Å². The summed E-state index contributed by atoms with van der Waals surface area (Å²) >= 11 is 1.75. The minimum atomic E-state index is -2.67. The summed E-state index contributed by atoms with van der Waals surface area (Å²) in [7, 11) is -0.0278. The predicted octanol–water partition coefficient (Wildman–Crippen LogP) is 10.4. The number of fused-ring (bicyclic) bond motifs is 3. The maximum absolute atomic E-state index is 9.63. The van der Waals surface area contributed by atoms with Crippen molar-refractivity contribution in [3.8, 4) is 11.1 Å². The van der Waals surface area contributed by atoms with Crippen LogP contribution >= 0.6 is 11.8 Å². The Hall–Kier alpha value is -1.48. The summed E-state index contributed by atoms with van der Waals surface area (Å²) in [6.45, 7) is 24.9. The number of thioether (sulfide) groups is 1. The van der Waals surface area contributed by atoms with E-state index < -0.39 is 20.6 Å². The van der Waals surface area contributed by atoms with Gasteiger partial charge in [-0.25, -0.2) is 8.42 Å². The third-order valence-corrected chi connectivity index (χ3v) is 3.49. The number of sulfone groups is 1. The Bertz CT molecular complexity index is 982. The number of Topliss-reactive ketones (excluding diaryl/α,β-unsaturated/α-hetero) is 1. The van der Waals surface area contributed by atoms with Crippen molar-refractivity contribution in [3.05, 3.63) is 59.7 Å². The molecule has 0 saturated carbocycles. The van der Waals surface area contributed by atoms with Crippen molar-refractivity contribution >= 4 is 38.2 Å². The van der Waals surface area contributed by atoms with E-state index in [2.05, 4.69) is 123 Å². The molecular weight excluding hydrogens is 621 g/mol. The van der Waals surface area contributed by atoms with Crippen LogP contribution < -0.4 is 0 Å². The van der Waals surface area contributed by atoms with Gasteiger partial charge in [0.2, 0.25) is 0 Å². The molecule has 0 unspecified atom stereocenters. The Balaban J connectivity index is -0.000000108. The van der Waals surface area contributed by atoms with E-state index in [0.717, 1.165) is 12.5 Å². The van der Waals surface area contributed by atoms with E-state index in [1.807, 2.05) is 12.5 Å². The lowest BCUT2D eigenvalue weighted by Gasteiger charge is -2.20. The zero-order valence-corrected chi connectivity index (χ0v) is 35.2. The Morgan fingerprint density at radius 3 is 1.07 bits per heavy atom. The molecule has 0 fully saturated rings. The molecule has 0 bridgehead atoms. The normalized spacial score (nSPS) is 10.9. The molecule has 0 saturated heterocycles. The van der Waals surface area contributed by atoms with Crippen LogP contribution in [0, 0.1) is 5.41 Å². The van der Waals surface area contributed by atoms with Gasteiger partial charge in [-0.05, 0) is 54.0 Å². The molecule has 0 aliphatic heterocycles. The maximum Gasteiger partial charge on any atom is 0.144 e. The number of carbonyl (C=O) groups is 1. The van der Waals surface area contributed by atoms with Crippen LogP contribution in [0.3, 0.4) is 0 Å². The molecular formula is C37H72O5S3. The van der Waals surface area contributed by atoms with Crippen LogP contribution in [0.1, 0.15) is 107 Å². The highest BCUT2D eigenvalue weighted by atomic mass is 32.2. The number of rotatable bonds is 0. The molecule has 268 valence electrons. The number of carbonyl (C=O) groups excluding carboxylic acids is 1. The van der Waals surface area contributed by atoms with Gasteiger partial charge < -0.3 is 9.53 Å². The second kappa shape index (κ2) is 33.9. The molecule has 1 aliphatic carbocycles. The lowest BCUT2D eigenvalue weighted by Crippen LogP contribution is -2.14. The van der Waals surface area contributed by atoms with Gasteiger partial charge in [0.05, 0.1) is 0 Å². The van der Waals surface area contributed by atoms with Gasteiger partial charge >= 0.3 is 0 Å². The van der Waals surface area contributed by atoms with E-state index >= 15 is 0 Å². The van der Waals surface area contributed by atoms with Crippen molar-refractivity contribution in [1.29, 1.82) is 0 Å². The molecule has 45 heavy (non-hydrogen) atoms. The SMILES string of the molecule is CC(C)(C)C.CC(C)=O.CC1(C)c2ccccc2-c2ccccc21.CCC.CCC.COC.CS(C)(=O)=O.CS(C)=O.CSC. The van der Waals surface area contributed by atoms with E-state index in [4.69, 9.17) is 0 Å². The Morgan fingerprint density at radius 2 is 0.911 bits per heavy atom. The fourth-order valence-corrected chi connectivity index (χ4v) is 2.67. The van der Waals surface area contributed by atoms with E-state index in [0.29, 0.717) is 5.41 Å². The molecule has 0 N–H and O–H groups in total. The first-order valence-corrected chi connectivity index (χ1v) is 21.1. The molecule has 0 amide bonds. The van der Waals surface area contributed by atoms with Crippen LogP contribution in [-0.2, 0) is 35.6 Å². The molecule has 1 aliphatic rings. The molecule has 0 aromatic heterocycles. The fraction of sp³-hybridized carbons (Fsp3) is 0.649. The molecule has 0 atom stereocenters. The highest BCUT2D eigenvalue weighted by Crippen LogP contribution is 2.47. The van der Waals surface area contributed by atoms with Crippen LogP contribution in [0.15, 0.2) is 48.5 Å². The highest BCUT2D eigenvalue weighted by molar-refractivity contribution is 7.97. The number of methoxy groups -OCH3 is 1. The summed E-state index contributed by atoms with van der Waals surface area (Å²) in [6.07, 6.45) is 12.2. The van der Waals surface area contributed by atoms with Gasteiger partial charge in [0, 0.05) is 55.5 Å². The quantitative estimate of drug-likeness (QED) is 0.273. The molecule has 0 radical (unpaired) electrons. The van der Waals surface area contributed by atoms with Crippen LogP contribution in [0.5, 0.6) is 0 Å². The standard InChI is InChI=1S/C15H14.C5H12.C3H6O.2C3H8.C2H6O2S.C2H6OS.C2H6O.C2H6S/c1-15(2)13-9-5-3-7-11(13)12-8-4-6-10-14(12)15;1-5(2,3)4;1-3(2)4;2*1-3-2;1-5(2,3)4;1-4(2)3;2*1-3-2/h3-10H,1-2H3;1-4H3;1-2H3;2*3H2,1-2H3;1-2H3;1-2H3;2*1-2H3. The van der Waals surface area contributed by atoms with Crippen LogP contribution in [0.25, 0.3) is 11.1 Å². The summed E-state index contributed by atoms with van der Waals surface area (Å²) in [5.74, 6) is 0.167. The highest BCUT2D eigenvalue weighted by Gasteiger charge is 2.34. The Labute approximate surface area is 288 Å². The Morgan fingerprint density at radius 1 is 0.778 bits per heavy atom. The predicted molar refractivity (Wildman–Crippen MR) is 211 cm³/mol. The first-order chi connectivity index (χ1) is 20.3. The first kappa shape index (κ1) is 55.9. The van der Waals surface area contributed by atoms with Gasteiger partial charge in [-0.1, -0.05) is 131 Å². The Kier molecular flexibility index (Phi) is 42.1. The first-order valence-electron chi connectivity index (χ1n) is 15.2. The minimum Gasteiger partial charge on any atom is -0.388 e. The zero-order valence-electron chi connectivity index (χ0n) is 32.8. The molecule has 8 heteroatoms. The molecule has 2 aromatic carbocycles. The van der Waals surface area contributed by atoms with Crippen molar-refractivity contribution in [3.63, 3.8) is 0 Å². The summed E-state index contributed by atoms with van der Waals surface area (Å²) in [4.78, 5) is 9.44. The second-order valence-corrected chi connectivity index (χ2v) is 17.3. The van der Waals surface area contributed by atoms with E-state index in [-0.39, 0.29) is 11.2 Å². The smallest absolute Gasteiger partial charge is 0.144 e. The van der Waals surface area contributed by atoms with Crippen LogP contribution in [-0.4, -0.2) is 70.2 Å². The van der Waals surface area contributed by atoms with E-state index in [9.17, 15) is 17.4 Å². The van der Waals surface area contributed by atoms with Crippen LogP contribution in [0.2, 0.25) is 0 Å². The molecule has 3 rings (SSSR count). The van der Waals surface area contributed by atoms with Gasteiger partial charge in [-0.15, -0.1) is 0 Å². The largest absolute Gasteiger partial charge is 0.388 e. The number of benzene rings is 2. The van der Waals surface area contributed by atoms with Gasteiger partial charge in [-0.3, -0.25) is 4.21 Å². The molecule has 0 heterocycles. The van der Waals surface area contributed by atoms with Crippen molar-refractivity contribution < 1.29 is 22.2 Å². The monoisotopic (exact) mass is 692 g/mol. The zero-order chi connectivity index (χ0) is 37.4. The van der Waals surface area contributed by atoms with Gasteiger partial charge in [0.25, 0.3) is 0 Å². The molecule has 5 nitrogen and oxygen atoms in total. The van der Waals surface area contributed by atoms with Crippen molar-refractivity contribution in [2.45, 2.75) is 101 Å². The number of hydrogen-bond acceptors (Lipinski definition) is 6.